The van der Waals surface area contributed by atoms with Crippen LogP contribution in [0.5, 0.6) is 5.75 Å². The number of rotatable bonds is 5. The van der Waals surface area contributed by atoms with Crippen LogP contribution in [0.4, 0.5) is 16.5 Å². The first kappa shape index (κ1) is 19.5. The molecule has 1 aliphatic rings. The number of methoxy groups -OCH3 is 1. The average Bonchev–Trinajstić information content (AvgIpc) is 3.15. The highest BCUT2D eigenvalue weighted by atomic mass is 32.1. The molecule has 1 aromatic heterocycles. The van der Waals surface area contributed by atoms with E-state index in [1.54, 1.807) is 7.11 Å². The Kier molecular flexibility index (Phi) is 4.88. The van der Waals surface area contributed by atoms with E-state index in [0.717, 1.165) is 58.5 Å². The van der Waals surface area contributed by atoms with E-state index in [2.05, 4.69) is 10.3 Å². The van der Waals surface area contributed by atoms with Crippen LogP contribution in [0, 0.1) is 20.2 Å². The van der Waals surface area contributed by atoms with Gasteiger partial charge in [-0.2, -0.15) is 0 Å². The third kappa shape index (κ3) is 3.57. The highest BCUT2D eigenvalue weighted by molar-refractivity contribution is 7.16. The molecule has 0 saturated heterocycles. The lowest BCUT2D eigenvalue weighted by atomic mass is 9.93. The van der Waals surface area contributed by atoms with E-state index < -0.39 is 27.1 Å². The summed E-state index contributed by atoms with van der Waals surface area (Å²) in [5, 5.41) is 25.0. The summed E-state index contributed by atoms with van der Waals surface area (Å²) in [4.78, 5) is 38.6. The molecular weight excluding hydrogens is 412 g/mol. The van der Waals surface area contributed by atoms with E-state index in [1.807, 2.05) is 18.2 Å². The molecule has 30 heavy (non-hydrogen) atoms. The summed E-state index contributed by atoms with van der Waals surface area (Å²) in [6.45, 7) is 0. The fraction of sp³-hybridized carbons (Fsp3) is 0.158. The summed E-state index contributed by atoms with van der Waals surface area (Å²) in [5.41, 5.74) is 1.57. The van der Waals surface area contributed by atoms with Gasteiger partial charge in [-0.25, -0.2) is 4.98 Å². The predicted octanol–water partition coefficient (Wildman–Crippen LogP) is 3.99. The topological polar surface area (TPSA) is 138 Å². The number of thiazole rings is 1. The number of amides is 1. The maximum absolute atomic E-state index is 12.6. The molecule has 0 spiro atoms. The first-order chi connectivity index (χ1) is 14.4. The fourth-order valence-electron chi connectivity index (χ4n) is 3.27. The molecule has 2 aromatic carbocycles. The number of nitro benzene ring substituents is 2. The molecule has 0 fully saturated rings. The molecule has 0 unspecified atom stereocenters. The van der Waals surface area contributed by atoms with Crippen LogP contribution in [0.1, 0.15) is 20.8 Å². The van der Waals surface area contributed by atoms with Crippen LogP contribution in [-0.2, 0) is 12.8 Å². The van der Waals surface area contributed by atoms with Crippen molar-refractivity contribution in [3.05, 3.63) is 72.6 Å². The van der Waals surface area contributed by atoms with Crippen molar-refractivity contribution in [2.45, 2.75) is 12.8 Å². The van der Waals surface area contributed by atoms with Gasteiger partial charge in [0.2, 0.25) is 0 Å². The molecule has 11 heteroatoms. The molecule has 1 amide bonds. The number of hydrogen-bond acceptors (Lipinski definition) is 8. The molecule has 4 rings (SSSR count). The first-order valence-corrected chi connectivity index (χ1v) is 9.59. The Morgan fingerprint density at radius 3 is 2.43 bits per heavy atom. The van der Waals surface area contributed by atoms with Crippen LogP contribution in [0.2, 0.25) is 0 Å². The van der Waals surface area contributed by atoms with E-state index in [1.165, 1.54) is 11.3 Å². The number of anilines is 1. The van der Waals surface area contributed by atoms with E-state index in [9.17, 15) is 25.0 Å². The number of nitrogens with zero attached hydrogens (tertiary/aromatic N) is 3. The molecule has 0 aliphatic heterocycles. The SMILES string of the molecule is COc1ccc2c(c1)CCc1sc(NC(=O)c3cc([N+](=O)[O-])cc([N+](=O)[O-])c3)nc1-2. The summed E-state index contributed by atoms with van der Waals surface area (Å²) in [6, 6.07) is 8.52. The molecule has 3 aromatic rings. The van der Waals surface area contributed by atoms with Crippen molar-refractivity contribution in [3.63, 3.8) is 0 Å². The molecule has 0 bridgehead atoms. The van der Waals surface area contributed by atoms with Crippen molar-refractivity contribution in [1.29, 1.82) is 0 Å². The highest BCUT2D eigenvalue weighted by Gasteiger charge is 2.24. The minimum absolute atomic E-state index is 0.186. The second-order valence-corrected chi connectivity index (χ2v) is 7.60. The summed E-state index contributed by atoms with van der Waals surface area (Å²) >= 11 is 1.31. The third-order valence-corrected chi connectivity index (χ3v) is 5.72. The second kappa shape index (κ2) is 7.52. The molecular formula is C19H14N4O6S. The third-order valence-electron chi connectivity index (χ3n) is 4.69. The smallest absolute Gasteiger partial charge is 0.277 e. The van der Waals surface area contributed by atoms with Gasteiger partial charge in [0.05, 0.1) is 34.3 Å². The number of nitro groups is 2. The Balaban J connectivity index is 1.63. The number of aromatic nitrogens is 1. The van der Waals surface area contributed by atoms with Gasteiger partial charge in [-0.1, -0.05) is 0 Å². The molecule has 0 atom stereocenters. The van der Waals surface area contributed by atoms with Crippen molar-refractivity contribution in [2.75, 3.05) is 12.4 Å². The van der Waals surface area contributed by atoms with Crippen LogP contribution in [-0.4, -0.2) is 27.8 Å². The van der Waals surface area contributed by atoms with Gasteiger partial charge < -0.3 is 4.74 Å². The van der Waals surface area contributed by atoms with Crippen molar-refractivity contribution < 1.29 is 19.4 Å². The van der Waals surface area contributed by atoms with E-state index >= 15 is 0 Å². The van der Waals surface area contributed by atoms with Crippen molar-refractivity contribution in [2.24, 2.45) is 0 Å². The normalized spacial score (nSPS) is 11.9. The van der Waals surface area contributed by atoms with E-state index in [0.29, 0.717) is 5.13 Å². The van der Waals surface area contributed by atoms with Crippen LogP contribution >= 0.6 is 11.3 Å². The second-order valence-electron chi connectivity index (χ2n) is 6.52. The quantitative estimate of drug-likeness (QED) is 0.481. The van der Waals surface area contributed by atoms with Crippen molar-refractivity contribution in [1.82, 2.24) is 4.98 Å². The number of nitrogens with one attached hydrogen (secondary N) is 1. The molecule has 1 N–H and O–H groups in total. The zero-order chi connectivity index (χ0) is 21.4. The minimum atomic E-state index is -0.781. The number of fused-ring (bicyclic) bond motifs is 3. The molecule has 1 aliphatic carbocycles. The van der Waals surface area contributed by atoms with E-state index in [-0.39, 0.29) is 5.56 Å². The van der Waals surface area contributed by atoms with Gasteiger partial charge in [0.15, 0.2) is 5.13 Å². The standard InChI is InChI=1S/C19H14N4O6S/c1-29-14-3-4-15-10(8-14)2-5-16-17(15)20-19(30-16)21-18(24)11-6-12(22(25)26)9-13(7-11)23(27)28/h3-4,6-9H,2,5H2,1H3,(H,20,21,24). The van der Waals surface area contributed by atoms with Gasteiger partial charge in [-0.15, -0.1) is 11.3 Å². The summed E-state index contributed by atoms with van der Waals surface area (Å²) in [5.74, 6) is 0.0519. The molecule has 1 heterocycles. The highest BCUT2D eigenvalue weighted by Crippen LogP contribution is 2.39. The Hall–Kier alpha value is -3.86. The molecule has 152 valence electrons. The summed E-state index contributed by atoms with van der Waals surface area (Å²) < 4.78 is 5.26. The number of carbonyl (C=O) groups is 1. The number of benzene rings is 2. The summed E-state index contributed by atoms with van der Waals surface area (Å²) in [7, 11) is 1.60. The molecule has 0 saturated carbocycles. The minimum Gasteiger partial charge on any atom is -0.497 e. The lowest BCUT2D eigenvalue weighted by molar-refractivity contribution is -0.394. The first-order valence-electron chi connectivity index (χ1n) is 8.78. The van der Waals surface area contributed by atoms with Crippen molar-refractivity contribution >= 4 is 33.8 Å². The molecule has 0 radical (unpaired) electrons. The Morgan fingerprint density at radius 2 is 1.80 bits per heavy atom. The van der Waals surface area contributed by atoms with Crippen LogP contribution in [0.15, 0.2) is 36.4 Å². The van der Waals surface area contributed by atoms with Crippen LogP contribution < -0.4 is 10.1 Å². The number of hydrogen-bond donors (Lipinski definition) is 1. The van der Waals surface area contributed by atoms with Crippen LogP contribution in [0.25, 0.3) is 11.3 Å². The number of non-ortho nitro benzene ring substituents is 2. The number of ether oxygens (including phenoxy) is 1. The van der Waals surface area contributed by atoms with Gasteiger partial charge >= 0.3 is 0 Å². The Bertz CT molecular complexity index is 1170. The number of carbonyl (C=O) groups excluding carboxylic acids is 1. The van der Waals surface area contributed by atoms with Gasteiger partial charge in [-0.05, 0) is 36.6 Å². The van der Waals surface area contributed by atoms with Crippen LogP contribution in [0.3, 0.4) is 0 Å². The monoisotopic (exact) mass is 426 g/mol. The van der Waals surface area contributed by atoms with E-state index in [4.69, 9.17) is 4.74 Å². The van der Waals surface area contributed by atoms with Crippen molar-refractivity contribution in [3.8, 4) is 17.0 Å². The fourth-order valence-corrected chi connectivity index (χ4v) is 4.25. The predicted molar refractivity (Wildman–Crippen MR) is 109 cm³/mol. The maximum Gasteiger partial charge on any atom is 0.277 e. The van der Waals surface area contributed by atoms with Gasteiger partial charge in [-0.3, -0.25) is 30.3 Å². The Labute approximate surface area is 173 Å². The van der Waals surface area contributed by atoms with Gasteiger partial charge in [0, 0.05) is 22.6 Å². The zero-order valence-electron chi connectivity index (χ0n) is 15.6. The zero-order valence-corrected chi connectivity index (χ0v) is 16.4. The lowest BCUT2D eigenvalue weighted by Gasteiger charge is -2.15. The van der Waals surface area contributed by atoms with Gasteiger partial charge in [0.1, 0.15) is 5.75 Å². The largest absolute Gasteiger partial charge is 0.497 e. The lowest BCUT2D eigenvalue weighted by Crippen LogP contribution is -2.12. The number of aryl methyl sites for hydroxylation is 2. The Morgan fingerprint density at radius 1 is 1.10 bits per heavy atom. The van der Waals surface area contributed by atoms with Gasteiger partial charge in [0.25, 0.3) is 17.3 Å². The average molecular weight is 426 g/mol. The maximum atomic E-state index is 12.6. The summed E-state index contributed by atoms with van der Waals surface area (Å²) in [6.07, 6.45) is 1.57. The molecule has 10 nitrogen and oxygen atoms in total.